The molecule has 0 fully saturated rings. The highest BCUT2D eigenvalue weighted by Crippen LogP contribution is 2.40. The molecule has 8 aromatic rings. The Bertz CT molecular complexity index is 3140. The Morgan fingerprint density at radius 3 is 0.898 bits per heavy atom. The summed E-state index contributed by atoms with van der Waals surface area (Å²) in [6.45, 7) is 0. The van der Waals surface area contributed by atoms with Gasteiger partial charge < -0.3 is 0 Å². The average molecular weight is 693 g/mol. The van der Waals surface area contributed by atoms with E-state index in [4.69, 9.17) is 149 Å². The fourth-order valence-electron chi connectivity index (χ4n) is 8.38. The zero-order valence-electron chi connectivity index (χ0n) is 31.5. The Morgan fingerprint density at radius 1 is 0.203 bits per heavy atom. The minimum atomic E-state index is -0.106. The molecule has 0 spiro atoms. The summed E-state index contributed by atoms with van der Waals surface area (Å²) in [6, 6.07) is 13.5. The zero-order chi connectivity index (χ0) is 43.0. The molecule has 0 bridgehead atoms. The largest absolute Gasteiger partial charge is 0.113 e. The molecule has 0 saturated heterocycles. The molecular formula is C40H7B19. The zero-order valence-corrected chi connectivity index (χ0v) is 31.5. The minimum Gasteiger partial charge on any atom is -0.110 e. The summed E-state index contributed by atoms with van der Waals surface area (Å²) in [4.78, 5) is 0. The monoisotopic (exact) mass is 696 g/mol. The van der Waals surface area contributed by atoms with Crippen LogP contribution in [0.5, 0.6) is 0 Å². The van der Waals surface area contributed by atoms with Crippen LogP contribution < -0.4 is 104 Å². The lowest BCUT2D eigenvalue weighted by Crippen LogP contribution is -2.53. The van der Waals surface area contributed by atoms with E-state index in [-0.39, 0.29) is 158 Å². The second-order valence-electron chi connectivity index (χ2n) is 14.5. The Hall–Kier alpha value is -3.97. The number of fused-ring (bicyclic) bond motifs is 4. The molecule has 0 nitrogen and oxygen atoms in total. The van der Waals surface area contributed by atoms with Gasteiger partial charge in [-0.15, -0.1) is 38.2 Å². The van der Waals surface area contributed by atoms with Gasteiger partial charge in [-0.3, -0.25) is 0 Å². The summed E-state index contributed by atoms with van der Waals surface area (Å²) < 4.78 is 0. The highest BCUT2D eigenvalue weighted by molar-refractivity contribution is 6.75. The Balaban J connectivity index is 1.69. The summed E-state index contributed by atoms with van der Waals surface area (Å²) in [7, 11) is 129. The van der Waals surface area contributed by atoms with Gasteiger partial charge in [-0.25, -0.2) is 0 Å². The number of hydrogen-bond acceptors (Lipinski definition) is 0. The molecule has 0 aromatic heterocycles. The van der Waals surface area contributed by atoms with Crippen LogP contribution in [0.3, 0.4) is 0 Å². The van der Waals surface area contributed by atoms with Crippen LogP contribution in [-0.4, -0.2) is 149 Å². The van der Waals surface area contributed by atoms with Crippen molar-refractivity contribution in [1.29, 1.82) is 0 Å². The fourth-order valence-corrected chi connectivity index (χ4v) is 8.38. The van der Waals surface area contributed by atoms with Gasteiger partial charge in [0.15, 0.2) is 0 Å². The van der Waals surface area contributed by atoms with Crippen molar-refractivity contribution in [2.75, 3.05) is 0 Å². The smallest absolute Gasteiger partial charge is 0.110 e. The lowest BCUT2D eigenvalue weighted by Gasteiger charge is -2.33. The number of rotatable bonds is 3. The molecule has 0 saturated carbocycles. The molecular weight excluding hydrogens is 686 g/mol. The van der Waals surface area contributed by atoms with Crippen LogP contribution in [0.15, 0.2) is 42.5 Å². The third kappa shape index (κ3) is 5.71. The maximum Gasteiger partial charge on any atom is 0.113 e. The van der Waals surface area contributed by atoms with Crippen LogP contribution in [0.25, 0.3) is 76.5 Å². The lowest BCUT2D eigenvalue weighted by molar-refractivity contribution is 1.72. The van der Waals surface area contributed by atoms with Crippen molar-refractivity contribution < 1.29 is 0 Å². The van der Waals surface area contributed by atoms with Gasteiger partial charge in [-0.05, 0) is 82.5 Å². The van der Waals surface area contributed by atoms with Gasteiger partial charge in [-0.2, -0.15) is 0 Å². The van der Waals surface area contributed by atoms with Gasteiger partial charge >= 0.3 is 0 Å². The van der Waals surface area contributed by atoms with Gasteiger partial charge in [0.2, 0.25) is 0 Å². The molecule has 59 heavy (non-hydrogen) atoms. The standard InChI is InChI=1S/C40H7B19/c41-22-11(10-6-5-8-3-1-2-4-9(8)7-10)23(42)31(50)20(30(22)49)13-17-14(25(44)35(54)37(56)27(17)46)12(15-18(13)28(47)38(57)36(55)26(15)45)16-19-21(32(51)34(53)24(16)43)33(52)40(59)39(58)29(19)48/h1-7H. The van der Waals surface area contributed by atoms with E-state index in [0.29, 0.717) is 11.1 Å². The van der Waals surface area contributed by atoms with Crippen molar-refractivity contribution in [3.05, 3.63) is 42.5 Å². The van der Waals surface area contributed by atoms with Gasteiger partial charge in [0.05, 0.1) is 0 Å². The quantitative estimate of drug-likeness (QED) is 0.128. The van der Waals surface area contributed by atoms with Gasteiger partial charge in [-0.1, -0.05) is 102 Å². The van der Waals surface area contributed by atoms with Crippen molar-refractivity contribution in [2.45, 2.75) is 0 Å². The first-order valence-electron chi connectivity index (χ1n) is 17.8. The van der Waals surface area contributed by atoms with Crippen LogP contribution in [0.4, 0.5) is 0 Å². The molecule has 0 aliphatic carbocycles. The first-order chi connectivity index (χ1) is 27.8. The van der Waals surface area contributed by atoms with E-state index >= 15 is 0 Å². The van der Waals surface area contributed by atoms with E-state index in [2.05, 4.69) is 0 Å². The SMILES string of the molecule is [B]c1c([B])c(-c2c3c([B])c([B])c([B])c([B])c3c(-c3c([B])c([B])c([B])c4c([B])c([B])c([B])c([B])c34)c3c([B])c([B])c([B])c([B])c23)c([B])c([B])c1-c1ccc2ccccc2c1. The van der Waals surface area contributed by atoms with Crippen molar-refractivity contribution in [2.24, 2.45) is 0 Å². The normalized spacial score (nSPS) is 11.7. The molecule has 0 aliphatic rings. The van der Waals surface area contributed by atoms with E-state index in [1.54, 1.807) is 0 Å². The maximum atomic E-state index is 7.06. The molecule has 38 radical (unpaired) electrons. The van der Waals surface area contributed by atoms with Crippen molar-refractivity contribution >= 4 is 296 Å². The first kappa shape index (κ1) is 41.8. The second-order valence-corrected chi connectivity index (χ2v) is 14.5. The molecule has 224 valence electrons. The third-order valence-electron chi connectivity index (χ3n) is 11.5. The number of benzene rings is 8. The van der Waals surface area contributed by atoms with E-state index in [1.165, 1.54) is 0 Å². The molecule has 0 unspecified atom stereocenters. The molecule has 0 aliphatic heterocycles. The summed E-state index contributed by atoms with van der Waals surface area (Å²) in [6.07, 6.45) is 0. The first-order valence-corrected chi connectivity index (χ1v) is 17.8. The maximum absolute atomic E-state index is 7.06. The predicted molar refractivity (Wildman–Crippen MR) is 275 cm³/mol. The fraction of sp³-hybridized carbons (Fsp3) is 0. The van der Waals surface area contributed by atoms with Crippen LogP contribution in [0.1, 0.15) is 0 Å². The Labute approximate surface area is 369 Å². The Morgan fingerprint density at radius 2 is 0.492 bits per heavy atom. The van der Waals surface area contributed by atoms with Crippen molar-refractivity contribution in [1.82, 2.24) is 0 Å². The average Bonchev–Trinajstić information content (AvgIpc) is 3.22. The predicted octanol–water partition coefficient (Wildman–Crippen LogP) is -11.6. The molecule has 0 amide bonds. The van der Waals surface area contributed by atoms with E-state index in [9.17, 15) is 0 Å². The molecule has 19 heteroatoms. The van der Waals surface area contributed by atoms with Crippen LogP contribution in [0, 0.1) is 0 Å². The lowest BCUT2D eigenvalue weighted by atomic mass is 9.55. The molecule has 8 rings (SSSR count). The molecule has 0 atom stereocenters. The van der Waals surface area contributed by atoms with Crippen LogP contribution >= 0.6 is 0 Å². The van der Waals surface area contributed by atoms with E-state index in [0.717, 1.165) is 10.8 Å². The van der Waals surface area contributed by atoms with Crippen molar-refractivity contribution in [3.8, 4) is 33.4 Å². The topological polar surface area (TPSA) is 0 Å². The Kier molecular flexibility index (Phi) is 10.3. The van der Waals surface area contributed by atoms with Crippen molar-refractivity contribution in [3.63, 3.8) is 0 Å². The molecule has 0 heterocycles. The van der Waals surface area contributed by atoms with Crippen LogP contribution in [0.2, 0.25) is 0 Å². The summed E-state index contributed by atoms with van der Waals surface area (Å²) in [5.74, 6) is 0. The van der Waals surface area contributed by atoms with Crippen LogP contribution in [-0.2, 0) is 0 Å². The van der Waals surface area contributed by atoms with Gasteiger partial charge in [0, 0.05) is 0 Å². The van der Waals surface area contributed by atoms with E-state index in [1.807, 2.05) is 42.5 Å². The second kappa shape index (κ2) is 14.6. The minimum absolute atomic E-state index is 0.0149. The third-order valence-corrected chi connectivity index (χ3v) is 11.5. The van der Waals surface area contributed by atoms with Gasteiger partial charge in [0.25, 0.3) is 0 Å². The highest BCUT2D eigenvalue weighted by Gasteiger charge is 2.29. The summed E-state index contributed by atoms with van der Waals surface area (Å²) in [5.41, 5.74) is 0.349. The summed E-state index contributed by atoms with van der Waals surface area (Å²) >= 11 is 0. The highest BCUT2D eigenvalue weighted by atomic mass is 14.3. The van der Waals surface area contributed by atoms with Gasteiger partial charge in [0.1, 0.15) is 149 Å². The molecule has 8 aromatic carbocycles. The molecule has 0 N–H and O–H groups in total. The van der Waals surface area contributed by atoms with E-state index < -0.39 is 0 Å². The number of hydrogen-bond donors (Lipinski definition) is 0. The summed E-state index contributed by atoms with van der Waals surface area (Å²) in [5, 5.41) is 2.60.